The molecule has 0 radical (unpaired) electrons. The van der Waals surface area contributed by atoms with E-state index in [2.05, 4.69) is 4.98 Å². The maximum absolute atomic E-state index is 12.5. The number of carbonyl (C=O) groups excluding carboxylic acids is 2. The summed E-state index contributed by atoms with van der Waals surface area (Å²) in [5, 5.41) is 0.801. The Bertz CT molecular complexity index is 830. The van der Waals surface area contributed by atoms with Gasteiger partial charge in [0.15, 0.2) is 6.10 Å². The zero-order chi connectivity index (χ0) is 18.7. The number of benzene rings is 1. The number of methoxy groups -OCH3 is 1. The van der Waals surface area contributed by atoms with Gasteiger partial charge in [-0.15, -0.1) is 0 Å². The number of aromatic nitrogens is 1. The van der Waals surface area contributed by atoms with Gasteiger partial charge < -0.3 is 19.1 Å². The van der Waals surface area contributed by atoms with Crippen molar-refractivity contribution < 1.29 is 23.8 Å². The molecule has 1 aliphatic rings. The number of ether oxygens (including phenoxy) is 3. The highest BCUT2D eigenvalue weighted by Crippen LogP contribution is 2.22. The first kappa shape index (κ1) is 18.1. The highest BCUT2D eigenvalue weighted by atomic mass is 16.5. The Balaban J connectivity index is 1.76. The van der Waals surface area contributed by atoms with Crippen molar-refractivity contribution in [1.82, 2.24) is 9.88 Å². The van der Waals surface area contributed by atoms with E-state index in [0.29, 0.717) is 43.3 Å². The number of morpholine rings is 1. The van der Waals surface area contributed by atoms with Crippen LogP contribution in [0.3, 0.4) is 0 Å². The van der Waals surface area contributed by atoms with Crippen LogP contribution in [0.4, 0.5) is 0 Å². The van der Waals surface area contributed by atoms with Gasteiger partial charge in [-0.2, -0.15) is 0 Å². The Morgan fingerprint density at radius 3 is 2.65 bits per heavy atom. The molecule has 0 saturated carbocycles. The summed E-state index contributed by atoms with van der Waals surface area (Å²) in [6.45, 7) is 5.36. The number of amides is 1. The van der Waals surface area contributed by atoms with Gasteiger partial charge in [0.2, 0.25) is 0 Å². The second-order valence-corrected chi connectivity index (χ2v) is 6.17. The predicted molar refractivity (Wildman–Crippen MR) is 95.3 cm³/mol. The zero-order valence-electron chi connectivity index (χ0n) is 15.2. The van der Waals surface area contributed by atoms with E-state index < -0.39 is 12.1 Å². The number of fused-ring (bicyclic) bond motifs is 1. The monoisotopic (exact) mass is 358 g/mol. The molecule has 1 aliphatic heterocycles. The van der Waals surface area contributed by atoms with Crippen LogP contribution in [-0.4, -0.2) is 61.3 Å². The summed E-state index contributed by atoms with van der Waals surface area (Å²) >= 11 is 0. The van der Waals surface area contributed by atoms with Gasteiger partial charge in [0.05, 0.1) is 37.1 Å². The smallest absolute Gasteiger partial charge is 0.340 e. The average molecular weight is 358 g/mol. The molecule has 138 valence electrons. The maximum Gasteiger partial charge on any atom is 0.340 e. The molecule has 1 amide bonds. The van der Waals surface area contributed by atoms with Crippen molar-refractivity contribution in [3.63, 3.8) is 0 Å². The third-order valence-corrected chi connectivity index (χ3v) is 4.39. The molecule has 1 saturated heterocycles. The second-order valence-electron chi connectivity index (χ2n) is 6.17. The van der Waals surface area contributed by atoms with E-state index in [1.165, 1.54) is 0 Å². The lowest BCUT2D eigenvalue weighted by molar-refractivity contribution is -0.143. The summed E-state index contributed by atoms with van der Waals surface area (Å²) in [5.41, 5.74) is 1.63. The fourth-order valence-electron chi connectivity index (χ4n) is 2.89. The van der Waals surface area contributed by atoms with Crippen molar-refractivity contribution >= 4 is 22.8 Å². The fraction of sp³-hybridized carbons (Fsp3) is 0.421. The Labute approximate surface area is 151 Å². The van der Waals surface area contributed by atoms with E-state index in [1.807, 2.05) is 12.1 Å². The summed E-state index contributed by atoms with van der Waals surface area (Å²) in [5.74, 6) is -0.0657. The standard InChI is InChI=1S/C19H22N2O5/c1-12-16(10-14-4-5-15(24-3)11-17(14)20-12)19(23)26-13(2)18(22)21-6-8-25-9-7-21/h4-5,10-11,13H,6-9H2,1-3H3/t13-/m1/s1. The lowest BCUT2D eigenvalue weighted by atomic mass is 10.1. The van der Waals surface area contributed by atoms with E-state index in [9.17, 15) is 9.59 Å². The van der Waals surface area contributed by atoms with Gasteiger partial charge in [0, 0.05) is 24.5 Å². The topological polar surface area (TPSA) is 78.0 Å². The highest BCUT2D eigenvalue weighted by molar-refractivity contribution is 5.96. The van der Waals surface area contributed by atoms with Crippen LogP contribution in [0.25, 0.3) is 10.9 Å². The molecule has 0 N–H and O–H groups in total. The SMILES string of the molecule is COc1ccc2cc(C(=O)O[C@H](C)C(=O)N3CCOCC3)c(C)nc2c1. The Morgan fingerprint density at radius 1 is 1.23 bits per heavy atom. The van der Waals surface area contributed by atoms with Gasteiger partial charge in [-0.3, -0.25) is 9.78 Å². The number of pyridine rings is 1. The maximum atomic E-state index is 12.5. The minimum absolute atomic E-state index is 0.210. The minimum atomic E-state index is -0.855. The van der Waals surface area contributed by atoms with Crippen LogP contribution in [0.1, 0.15) is 23.0 Å². The van der Waals surface area contributed by atoms with Crippen molar-refractivity contribution in [2.24, 2.45) is 0 Å². The van der Waals surface area contributed by atoms with Gasteiger partial charge >= 0.3 is 5.97 Å². The Hall–Kier alpha value is -2.67. The molecule has 2 aromatic rings. The van der Waals surface area contributed by atoms with Gasteiger partial charge in [0.1, 0.15) is 5.75 Å². The molecular weight excluding hydrogens is 336 g/mol. The molecule has 0 spiro atoms. The number of aryl methyl sites for hydroxylation is 1. The number of rotatable bonds is 4. The van der Waals surface area contributed by atoms with Crippen LogP contribution in [0.5, 0.6) is 5.75 Å². The predicted octanol–water partition coefficient (Wildman–Crippen LogP) is 1.96. The first-order valence-electron chi connectivity index (χ1n) is 8.52. The number of esters is 1. The molecule has 0 aliphatic carbocycles. The number of carbonyl (C=O) groups is 2. The number of hydrogen-bond acceptors (Lipinski definition) is 6. The van der Waals surface area contributed by atoms with Crippen LogP contribution in [-0.2, 0) is 14.3 Å². The van der Waals surface area contributed by atoms with Gasteiger partial charge in [-0.05, 0) is 32.0 Å². The molecule has 0 unspecified atom stereocenters. The molecule has 1 aromatic carbocycles. The van der Waals surface area contributed by atoms with E-state index >= 15 is 0 Å². The van der Waals surface area contributed by atoms with Crippen molar-refractivity contribution in [1.29, 1.82) is 0 Å². The van der Waals surface area contributed by atoms with Gasteiger partial charge in [-0.25, -0.2) is 4.79 Å². The molecule has 1 fully saturated rings. The summed E-state index contributed by atoms with van der Waals surface area (Å²) in [7, 11) is 1.59. The molecule has 7 heteroatoms. The lowest BCUT2D eigenvalue weighted by Gasteiger charge is -2.29. The van der Waals surface area contributed by atoms with Crippen LogP contribution >= 0.6 is 0 Å². The van der Waals surface area contributed by atoms with E-state index in [0.717, 1.165) is 10.9 Å². The van der Waals surface area contributed by atoms with Gasteiger partial charge in [-0.1, -0.05) is 0 Å². The van der Waals surface area contributed by atoms with Crippen molar-refractivity contribution in [3.8, 4) is 5.75 Å². The first-order valence-corrected chi connectivity index (χ1v) is 8.52. The number of hydrogen-bond donors (Lipinski definition) is 0. The average Bonchev–Trinajstić information content (AvgIpc) is 2.66. The van der Waals surface area contributed by atoms with Gasteiger partial charge in [0.25, 0.3) is 5.91 Å². The molecule has 1 atom stereocenters. The van der Waals surface area contributed by atoms with E-state index in [1.54, 1.807) is 38.0 Å². The quantitative estimate of drug-likeness (QED) is 0.778. The van der Waals surface area contributed by atoms with Crippen LogP contribution in [0, 0.1) is 6.92 Å². The fourth-order valence-corrected chi connectivity index (χ4v) is 2.89. The van der Waals surface area contributed by atoms with Crippen molar-refractivity contribution in [3.05, 3.63) is 35.5 Å². The Morgan fingerprint density at radius 2 is 1.96 bits per heavy atom. The second kappa shape index (κ2) is 7.70. The van der Waals surface area contributed by atoms with Crippen molar-refractivity contribution in [2.45, 2.75) is 20.0 Å². The minimum Gasteiger partial charge on any atom is -0.497 e. The zero-order valence-corrected chi connectivity index (χ0v) is 15.2. The molecule has 7 nitrogen and oxygen atoms in total. The summed E-state index contributed by atoms with van der Waals surface area (Å²) in [6.07, 6.45) is -0.855. The molecule has 3 rings (SSSR count). The normalized spacial score (nSPS) is 15.6. The summed E-state index contributed by atoms with van der Waals surface area (Å²) in [4.78, 5) is 31.1. The lowest BCUT2D eigenvalue weighted by Crippen LogP contribution is -2.46. The van der Waals surface area contributed by atoms with E-state index in [-0.39, 0.29) is 5.91 Å². The van der Waals surface area contributed by atoms with Crippen LogP contribution < -0.4 is 4.74 Å². The van der Waals surface area contributed by atoms with Crippen LogP contribution in [0.15, 0.2) is 24.3 Å². The van der Waals surface area contributed by atoms with E-state index in [4.69, 9.17) is 14.2 Å². The molecule has 2 heterocycles. The summed E-state index contributed by atoms with van der Waals surface area (Å²) in [6, 6.07) is 7.17. The number of nitrogens with zero attached hydrogens (tertiary/aromatic N) is 2. The molecule has 1 aromatic heterocycles. The van der Waals surface area contributed by atoms with Crippen molar-refractivity contribution in [2.75, 3.05) is 33.4 Å². The highest BCUT2D eigenvalue weighted by Gasteiger charge is 2.26. The summed E-state index contributed by atoms with van der Waals surface area (Å²) < 4.78 is 15.8. The molecule has 26 heavy (non-hydrogen) atoms. The third-order valence-electron chi connectivity index (χ3n) is 4.39. The molecular formula is C19H22N2O5. The largest absolute Gasteiger partial charge is 0.497 e. The third kappa shape index (κ3) is 3.77. The Kier molecular flexibility index (Phi) is 5.37. The van der Waals surface area contributed by atoms with Crippen LogP contribution in [0.2, 0.25) is 0 Å². The first-order chi connectivity index (χ1) is 12.5. The molecule has 0 bridgehead atoms.